The van der Waals surface area contributed by atoms with Crippen LogP contribution in [0.4, 0.5) is 9.18 Å². The number of alkyl carbamates (subject to hydrolysis) is 1. The molecule has 3 N–H and O–H groups in total. The number of halogens is 1. The van der Waals surface area contributed by atoms with Gasteiger partial charge in [-0.3, -0.25) is 4.79 Å². The van der Waals surface area contributed by atoms with Crippen LogP contribution in [0.2, 0.25) is 0 Å². The van der Waals surface area contributed by atoms with Gasteiger partial charge in [-0.1, -0.05) is 72.8 Å². The molecule has 0 aliphatic rings. The number of carbonyl (C=O) groups excluding carboxylic acids is 2. The Kier molecular flexibility index (Phi) is 8.73. The predicted molar refractivity (Wildman–Crippen MR) is 123 cm³/mol. The number of carboxylic acids is 1. The number of benzene rings is 3. The zero-order valence-electron chi connectivity index (χ0n) is 18.3. The maximum Gasteiger partial charge on any atom is 0.408 e. The standard InChI is InChI=1S/C26H25FN2O5/c27-21-13-11-19(12-14-21)15-22(29-26(33)34-17-20-9-5-2-6-10-20)24(30)28-23(25(31)32)16-18-7-3-1-4-8-18/h1-14,22-23H,15-17H2,(H,28,30)(H,29,33)(H,31,32). The lowest BCUT2D eigenvalue weighted by molar-refractivity contribution is -0.142. The molecular weight excluding hydrogens is 439 g/mol. The number of carbonyl (C=O) groups is 3. The van der Waals surface area contributed by atoms with E-state index in [2.05, 4.69) is 10.6 Å². The lowest BCUT2D eigenvalue weighted by Crippen LogP contribution is -2.53. The summed E-state index contributed by atoms with van der Waals surface area (Å²) in [6.45, 7) is 0.00329. The van der Waals surface area contributed by atoms with Crippen LogP contribution in [0.5, 0.6) is 0 Å². The molecule has 0 heterocycles. The maximum atomic E-state index is 13.3. The van der Waals surface area contributed by atoms with Crippen LogP contribution in [0.15, 0.2) is 84.9 Å². The molecule has 0 saturated heterocycles. The van der Waals surface area contributed by atoms with Gasteiger partial charge >= 0.3 is 12.1 Å². The van der Waals surface area contributed by atoms with Crippen molar-refractivity contribution < 1.29 is 28.6 Å². The van der Waals surface area contributed by atoms with Crippen LogP contribution in [-0.2, 0) is 33.8 Å². The van der Waals surface area contributed by atoms with Crippen molar-refractivity contribution in [3.63, 3.8) is 0 Å². The van der Waals surface area contributed by atoms with Crippen molar-refractivity contribution >= 4 is 18.0 Å². The smallest absolute Gasteiger partial charge is 0.408 e. The summed E-state index contributed by atoms with van der Waals surface area (Å²) in [5.74, 6) is -2.33. The lowest BCUT2D eigenvalue weighted by Gasteiger charge is -2.21. The number of nitrogens with one attached hydrogen (secondary N) is 2. The Balaban J connectivity index is 1.70. The van der Waals surface area contributed by atoms with Gasteiger partial charge in [0.15, 0.2) is 0 Å². The number of hydrogen-bond donors (Lipinski definition) is 3. The number of aliphatic carboxylic acids is 1. The maximum absolute atomic E-state index is 13.3. The number of amides is 2. The molecule has 8 heteroatoms. The summed E-state index contributed by atoms with van der Waals surface area (Å²) < 4.78 is 18.5. The number of carboxylic acid groups (broad SMARTS) is 1. The highest BCUT2D eigenvalue weighted by Gasteiger charge is 2.27. The van der Waals surface area contributed by atoms with Crippen molar-refractivity contribution in [1.29, 1.82) is 0 Å². The van der Waals surface area contributed by atoms with Crippen LogP contribution in [-0.4, -0.2) is 35.2 Å². The van der Waals surface area contributed by atoms with Gasteiger partial charge in [0.2, 0.25) is 5.91 Å². The second-order valence-corrected chi connectivity index (χ2v) is 7.68. The van der Waals surface area contributed by atoms with E-state index >= 15 is 0 Å². The second kappa shape index (κ2) is 12.2. The minimum Gasteiger partial charge on any atom is -0.480 e. The molecule has 0 fully saturated rings. The Morgan fingerprint density at radius 1 is 0.735 bits per heavy atom. The molecule has 0 radical (unpaired) electrons. The van der Waals surface area contributed by atoms with E-state index in [1.807, 2.05) is 12.1 Å². The van der Waals surface area contributed by atoms with Crippen LogP contribution in [0.3, 0.4) is 0 Å². The van der Waals surface area contributed by atoms with E-state index in [4.69, 9.17) is 4.74 Å². The van der Waals surface area contributed by atoms with E-state index in [9.17, 15) is 23.9 Å². The van der Waals surface area contributed by atoms with Crippen molar-refractivity contribution in [2.24, 2.45) is 0 Å². The van der Waals surface area contributed by atoms with Gasteiger partial charge < -0.3 is 20.5 Å². The van der Waals surface area contributed by atoms with Crippen LogP contribution in [0.1, 0.15) is 16.7 Å². The van der Waals surface area contributed by atoms with Gasteiger partial charge in [0.05, 0.1) is 0 Å². The summed E-state index contributed by atoms with van der Waals surface area (Å²) in [4.78, 5) is 37.2. The predicted octanol–water partition coefficient (Wildman–Crippen LogP) is 3.48. The van der Waals surface area contributed by atoms with Gasteiger partial charge in [0.25, 0.3) is 0 Å². The fourth-order valence-corrected chi connectivity index (χ4v) is 3.29. The summed E-state index contributed by atoms with van der Waals surface area (Å²) in [5.41, 5.74) is 2.09. The highest BCUT2D eigenvalue weighted by molar-refractivity contribution is 5.89. The topological polar surface area (TPSA) is 105 Å². The van der Waals surface area contributed by atoms with Crippen LogP contribution < -0.4 is 10.6 Å². The Morgan fingerprint density at radius 3 is 1.85 bits per heavy atom. The first-order valence-corrected chi connectivity index (χ1v) is 10.7. The average Bonchev–Trinajstić information content (AvgIpc) is 2.84. The van der Waals surface area contributed by atoms with E-state index < -0.39 is 35.9 Å². The third-order valence-electron chi connectivity index (χ3n) is 5.07. The Hall–Kier alpha value is -4.20. The van der Waals surface area contributed by atoms with Gasteiger partial charge in [-0.2, -0.15) is 0 Å². The molecule has 7 nitrogen and oxygen atoms in total. The average molecular weight is 464 g/mol. The fraction of sp³-hybridized carbons (Fsp3) is 0.192. The molecule has 176 valence electrons. The zero-order valence-corrected chi connectivity index (χ0v) is 18.3. The molecule has 0 saturated carbocycles. The zero-order chi connectivity index (χ0) is 24.3. The number of hydrogen-bond acceptors (Lipinski definition) is 4. The second-order valence-electron chi connectivity index (χ2n) is 7.68. The molecule has 0 aliphatic heterocycles. The Labute approximate surface area is 196 Å². The Bertz CT molecular complexity index is 1090. The van der Waals surface area contributed by atoms with E-state index in [1.54, 1.807) is 48.5 Å². The van der Waals surface area contributed by atoms with Crippen LogP contribution in [0, 0.1) is 5.82 Å². The molecule has 0 bridgehead atoms. The quantitative estimate of drug-likeness (QED) is 0.426. The van der Waals surface area contributed by atoms with Crippen molar-refractivity contribution in [3.8, 4) is 0 Å². The molecule has 0 aromatic heterocycles. The molecule has 2 atom stereocenters. The molecule has 34 heavy (non-hydrogen) atoms. The molecule has 3 aromatic carbocycles. The Morgan fingerprint density at radius 2 is 1.26 bits per heavy atom. The first-order valence-electron chi connectivity index (χ1n) is 10.7. The largest absolute Gasteiger partial charge is 0.480 e. The SMILES string of the molecule is O=C(NC(Cc1ccc(F)cc1)C(=O)NC(Cc1ccccc1)C(=O)O)OCc1ccccc1. The summed E-state index contributed by atoms with van der Waals surface area (Å²) in [6.07, 6.45) is -0.741. The minimum absolute atomic E-state index is 0.00329. The highest BCUT2D eigenvalue weighted by atomic mass is 19.1. The normalized spacial score (nSPS) is 12.3. The monoisotopic (exact) mass is 464 g/mol. The highest BCUT2D eigenvalue weighted by Crippen LogP contribution is 2.09. The summed E-state index contributed by atoms with van der Waals surface area (Å²) >= 11 is 0. The summed E-state index contributed by atoms with van der Waals surface area (Å²) in [5, 5.41) is 14.6. The molecule has 0 aliphatic carbocycles. The minimum atomic E-state index is -1.20. The van der Waals surface area contributed by atoms with Gasteiger partial charge in [-0.25, -0.2) is 14.0 Å². The summed E-state index contributed by atoms with van der Waals surface area (Å²) in [7, 11) is 0. The van der Waals surface area contributed by atoms with Gasteiger partial charge in [-0.05, 0) is 28.8 Å². The van der Waals surface area contributed by atoms with Gasteiger partial charge in [0.1, 0.15) is 24.5 Å². The molecule has 0 spiro atoms. The van der Waals surface area contributed by atoms with Crippen molar-refractivity contribution in [2.75, 3.05) is 0 Å². The van der Waals surface area contributed by atoms with Crippen LogP contribution in [0.25, 0.3) is 0 Å². The molecular formula is C26H25FN2O5. The lowest BCUT2D eigenvalue weighted by atomic mass is 10.0. The fourth-order valence-electron chi connectivity index (χ4n) is 3.29. The third kappa shape index (κ3) is 7.74. The van der Waals surface area contributed by atoms with E-state index in [0.29, 0.717) is 5.56 Å². The number of rotatable bonds is 10. The van der Waals surface area contributed by atoms with Crippen molar-refractivity contribution in [2.45, 2.75) is 31.5 Å². The molecule has 2 amide bonds. The van der Waals surface area contributed by atoms with Crippen molar-refractivity contribution in [1.82, 2.24) is 10.6 Å². The number of ether oxygens (including phenoxy) is 1. The molecule has 3 aromatic rings. The first kappa shape index (κ1) is 24.4. The first-order chi connectivity index (χ1) is 16.4. The third-order valence-corrected chi connectivity index (χ3v) is 5.07. The van der Waals surface area contributed by atoms with E-state index in [0.717, 1.165) is 11.1 Å². The molecule has 2 unspecified atom stereocenters. The van der Waals surface area contributed by atoms with Gasteiger partial charge in [0, 0.05) is 12.8 Å². The van der Waals surface area contributed by atoms with E-state index in [-0.39, 0.29) is 19.4 Å². The van der Waals surface area contributed by atoms with Crippen molar-refractivity contribution in [3.05, 3.63) is 107 Å². The van der Waals surface area contributed by atoms with E-state index in [1.165, 1.54) is 24.3 Å². The van der Waals surface area contributed by atoms with Gasteiger partial charge in [-0.15, -0.1) is 0 Å². The summed E-state index contributed by atoms with van der Waals surface area (Å²) in [6, 6.07) is 21.0. The van der Waals surface area contributed by atoms with Crippen LogP contribution >= 0.6 is 0 Å². The molecule has 3 rings (SSSR count).